The number of nitrogens with one attached hydrogen (secondary N) is 1. The Labute approximate surface area is 171 Å². The highest BCUT2D eigenvalue weighted by atomic mass is 35.5. The average molecular weight is 421 g/mol. The lowest BCUT2D eigenvalue weighted by Gasteiger charge is -2.31. The van der Waals surface area contributed by atoms with Gasteiger partial charge in [-0.3, -0.25) is 9.52 Å². The second-order valence-corrected chi connectivity index (χ2v) is 9.63. The Hall–Kier alpha value is -2.05. The summed E-state index contributed by atoms with van der Waals surface area (Å²) in [7, 11) is -3.93. The molecule has 7 heteroatoms. The quantitative estimate of drug-likeness (QED) is 0.784. The van der Waals surface area contributed by atoms with Crippen LogP contribution in [-0.2, 0) is 10.0 Å². The van der Waals surface area contributed by atoms with Crippen LogP contribution in [-0.4, -0.2) is 32.3 Å². The second-order valence-electron chi connectivity index (χ2n) is 7.57. The van der Waals surface area contributed by atoms with Crippen LogP contribution in [0.2, 0.25) is 5.02 Å². The van der Waals surface area contributed by atoms with Gasteiger partial charge in [0.2, 0.25) is 0 Å². The molecule has 0 saturated carbocycles. The summed E-state index contributed by atoms with van der Waals surface area (Å²) in [5, 5.41) is 0.0841. The van der Waals surface area contributed by atoms with Crippen LogP contribution in [0.3, 0.4) is 0 Å². The van der Waals surface area contributed by atoms with Gasteiger partial charge in [-0.05, 0) is 62.4 Å². The third kappa shape index (κ3) is 4.50. The predicted molar refractivity (Wildman–Crippen MR) is 112 cm³/mol. The number of likely N-dealkylation sites (tertiary alicyclic amines) is 1. The van der Waals surface area contributed by atoms with E-state index in [0.29, 0.717) is 30.3 Å². The number of nitrogens with zero attached hydrogens (tertiary/aromatic N) is 1. The standard InChI is InChI=1S/C21H25ClN2O3S/c1-14-6-9-19(16(3)11-14)23-28(26,27)20-12-17(7-8-18(20)22)21(25)24-10-4-5-15(2)13-24/h6-9,11-12,15,23H,4-5,10,13H2,1-3H3/t15-/m1/s1. The smallest absolute Gasteiger partial charge is 0.263 e. The second kappa shape index (κ2) is 8.13. The van der Waals surface area contributed by atoms with Gasteiger partial charge in [-0.2, -0.15) is 0 Å². The summed E-state index contributed by atoms with van der Waals surface area (Å²) in [5.74, 6) is 0.283. The number of sulfonamides is 1. The zero-order chi connectivity index (χ0) is 20.5. The van der Waals surface area contributed by atoms with Crippen molar-refractivity contribution in [3.63, 3.8) is 0 Å². The highest BCUT2D eigenvalue weighted by Crippen LogP contribution is 2.28. The number of piperidine rings is 1. The molecule has 1 atom stereocenters. The number of hydrogen-bond donors (Lipinski definition) is 1. The van der Waals surface area contributed by atoms with Gasteiger partial charge in [0, 0.05) is 18.7 Å². The van der Waals surface area contributed by atoms with E-state index in [1.165, 1.54) is 12.1 Å². The Morgan fingerprint density at radius 3 is 2.61 bits per heavy atom. The van der Waals surface area contributed by atoms with Gasteiger partial charge in [0.15, 0.2) is 0 Å². The molecule has 1 fully saturated rings. The number of carbonyl (C=O) groups is 1. The molecule has 0 radical (unpaired) electrons. The van der Waals surface area contributed by atoms with Crippen LogP contribution < -0.4 is 4.72 Å². The minimum Gasteiger partial charge on any atom is -0.338 e. The first kappa shape index (κ1) is 20.7. The lowest BCUT2D eigenvalue weighted by atomic mass is 9.99. The summed E-state index contributed by atoms with van der Waals surface area (Å²) in [4.78, 5) is 14.5. The molecule has 150 valence electrons. The number of halogens is 1. The Kier molecular flexibility index (Phi) is 6.01. The number of carbonyl (C=O) groups excluding carboxylic acids is 1. The summed E-state index contributed by atoms with van der Waals surface area (Å²) in [6.07, 6.45) is 2.06. The number of anilines is 1. The van der Waals surface area contributed by atoms with E-state index in [1.54, 1.807) is 17.0 Å². The molecule has 0 unspecified atom stereocenters. The van der Waals surface area contributed by atoms with Gasteiger partial charge < -0.3 is 4.90 Å². The predicted octanol–water partition coefficient (Wildman–Crippen LogP) is 4.63. The molecular formula is C21H25ClN2O3S. The third-order valence-electron chi connectivity index (χ3n) is 5.04. The van der Waals surface area contributed by atoms with E-state index >= 15 is 0 Å². The van der Waals surface area contributed by atoms with Gasteiger partial charge in [-0.15, -0.1) is 0 Å². The lowest BCUT2D eigenvalue weighted by Crippen LogP contribution is -2.39. The van der Waals surface area contributed by atoms with E-state index in [4.69, 9.17) is 11.6 Å². The minimum atomic E-state index is -3.93. The average Bonchev–Trinajstić information content (AvgIpc) is 2.63. The lowest BCUT2D eigenvalue weighted by molar-refractivity contribution is 0.0683. The summed E-state index contributed by atoms with van der Waals surface area (Å²) in [6, 6.07) is 9.88. The van der Waals surface area contributed by atoms with Gasteiger partial charge in [-0.1, -0.05) is 36.2 Å². The van der Waals surface area contributed by atoms with Crippen LogP contribution in [0.4, 0.5) is 5.69 Å². The van der Waals surface area contributed by atoms with Gasteiger partial charge in [0.25, 0.3) is 15.9 Å². The molecule has 1 saturated heterocycles. The number of benzene rings is 2. The Bertz CT molecular complexity index is 1000. The normalized spacial score (nSPS) is 17.4. The SMILES string of the molecule is Cc1ccc(NS(=O)(=O)c2cc(C(=O)N3CCC[C@@H](C)C3)ccc2Cl)c(C)c1. The molecule has 1 N–H and O–H groups in total. The van der Waals surface area contributed by atoms with Crippen LogP contribution in [0.15, 0.2) is 41.3 Å². The first-order chi connectivity index (χ1) is 13.2. The molecule has 0 spiro atoms. The highest BCUT2D eigenvalue weighted by molar-refractivity contribution is 7.92. The van der Waals surface area contributed by atoms with Crippen molar-refractivity contribution in [1.82, 2.24) is 4.90 Å². The van der Waals surface area contributed by atoms with E-state index in [2.05, 4.69) is 11.6 Å². The summed E-state index contributed by atoms with van der Waals surface area (Å²) < 4.78 is 28.5. The fourth-order valence-electron chi connectivity index (χ4n) is 3.53. The molecule has 2 aromatic rings. The molecular weight excluding hydrogens is 396 g/mol. The molecule has 3 rings (SSSR count). The van der Waals surface area contributed by atoms with Crippen molar-refractivity contribution in [2.24, 2.45) is 5.92 Å². The fraction of sp³-hybridized carbons (Fsp3) is 0.381. The van der Waals surface area contributed by atoms with E-state index in [-0.39, 0.29) is 15.8 Å². The van der Waals surface area contributed by atoms with Gasteiger partial charge in [0.1, 0.15) is 4.90 Å². The van der Waals surface area contributed by atoms with Gasteiger partial charge >= 0.3 is 0 Å². The largest absolute Gasteiger partial charge is 0.338 e. The number of rotatable bonds is 4. The molecule has 0 bridgehead atoms. The van der Waals surface area contributed by atoms with E-state index in [1.807, 2.05) is 26.0 Å². The maximum absolute atomic E-state index is 12.9. The summed E-state index contributed by atoms with van der Waals surface area (Å²) >= 11 is 6.18. The molecule has 1 aliphatic rings. The molecule has 28 heavy (non-hydrogen) atoms. The van der Waals surface area contributed by atoms with E-state index in [0.717, 1.165) is 24.0 Å². The first-order valence-electron chi connectivity index (χ1n) is 9.36. The summed E-state index contributed by atoms with van der Waals surface area (Å²) in [6.45, 7) is 7.27. The summed E-state index contributed by atoms with van der Waals surface area (Å²) in [5.41, 5.74) is 2.68. The Balaban J connectivity index is 1.90. The zero-order valence-corrected chi connectivity index (χ0v) is 17.9. The molecule has 1 aliphatic heterocycles. The minimum absolute atomic E-state index is 0.0841. The van der Waals surface area contributed by atoms with Crippen LogP contribution in [0.5, 0.6) is 0 Å². The van der Waals surface area contributed by atoms with Crippen LogP contribution in [0, 0.1) is 19.8 Å². The molecule has 2 aromatic carbocycles. The number of aryl methyl sites for hydroxylation is 2. The maximum atomic E-state index is 12.9. The van der Waals surface area contributed by atoms with Gasteiger partial charge in [-0.25, -0.2) is 8.42 Å². The monoisotopic (exact) mass is 420 g/mol. The van der Waals surface area contributed by atoms with Crippen molar-refractivity contribution >= 4 is 33.2 Å². The highest BCUT2D eigenvalue weighted by Gasteiger charge is 2.25. The van der Waals surface area contributed by atoms with Crippen molar-refractivity contribution < 1.29 is 13.2 Å². The van der Waals surface area contributed by atoms with E-state index in [9.17, 15) is 13.2 Å². The zero-order valence-electron chi connectivity index (χ0n) is 16.3. The Morgan fingerprint density at radius 1 is 1.18 bits per heavy atom. The topological polar surface area (TPSA) is 66.5 Å². The third-order valence-corrected chi connectivity index (χ3v) is 6.89. The molecule has 1 heterocycles. The van der Waals surface area contributed by atoms with Crippen LogP contribution in [0.25, 0.3) is 0 Å². The molecule has 1 amide bonds. The Morgan fingerprint density at radius 2 is 1.93 bits per heavy atom. The van der Waals surface area contributed by atoms with Crippen molar-refractivity contribution in [2.45, 2.75) is 38.5 Å². The van der Waals surface area contributed by atoms with E-state index < -0.39 is 10.0 Å². The van der Waals surface area contributed by atoms with Crippen molar-refractivity contribution in [2.75, 3.05) is 17.8 Å². The van der Waals surface area contributed by atoms with Crippen molar-refractivity contribution in [3.8, 4) is 0 Å². The van der Waals surface area contributed by atoms with Gasteiger partial charge in [0.05, 0.1) is 10.7 Å². The number of amides is 1. The molecule has 0 aliphatic carbocycles. The molecule has 5 nitrogen and oxygen atoms in total. The number of hydrogen-bond acceptors (Lipinski definition) is 3. The maximum Gasteiger partial charge on any atom is 0.263 e. The fourth-order valence-corrected chi connectivity index (χ4v) is 5.18. The molecule has 0 aromatic heterocycles. The van der Waals surface area contributed by atoms with Crippen LogP contribution in [0.1, 0.15) is 41.3 Å². The first-order valence-corrected chi connectivity index (χ1v) is 11.2. The van der Waals surface area contributed by atoms with Crippen molar-refractivity contribution in [1.29, 1.82) is 0 Å². The van der Waals surface area contributed by atoms with Crippen LogP contribution >= 0.6 is 11.6 Å². The van der Waals surface area contributed by atoms with Crippen molar-refractivity contribution in [3.05, 3.63) is 58.1 Å².